The van der Waals surface area contributed by atoms with Gasteiger partial charge in [0, 0.05) is 5.92 Å². The molecule has 0 aromatic heterocycles. The summed E-state index contributed by atoms with van der Waals surface area (Å²) in [4.78, 5) is 0. The molecule has 1 heterocycles. The standard InChI is InChI=1S/C15H20O2/c1-11-7-8-15(10-17-15)13(9-11)14(16)12-5-3-2-4-6-12/h2-6,11,13-14,16H,7-10H2,1H3/t11?,13-,14+,15-/m0/s1. The van der Waals surface area contributed by atoms with E-state index in [1.54, 1.807) is 0 Å². The average molecular weight is 232 g/mol. The fourth-order valence-corrected chi connectivity index (χ4v) is 3.19. The number of ether oxygens (including phenoxy) is 1. The van der Waals surface area contributed by atoms with Gasteiger partial charge in [-0.2, -0.15) is 0 Å². The van der Waals surface area contributed by atoms with E-state index in [1.807, 2.05) is 30.3 Å². The molecule has 4 atom stereocenters. The van der Waals surface area contributed by atoms with Crippen LogP contribution in [0.5, 0.6) is 0 Å². The number of aliphatic hydroxyl groups is 1. The zero-order valence-electron chi connectivity index (χ0n) is 10.3. The first-order valence-corrected chi connectivity index (χ1v) is 6.58. The second-order valence-electron chi connectivity index (χ2n) is 5.70. The van der Waals surface area contributed by atoms with Crippen molar-refractivity contribution in [2.24, 2.45) is 11.8 Å². The number of aliphatic hydroxyl groups excluding tert-OH is 1. The lowest BCUT2D eigenvalue weighted by atomic mass is 9.71. The lowest BCUT2D eigenvalue weighted by molar-refractivity contribution is 0.0124. The van der Waals surface area contributed by atoms with E-state index < -0.39 is 0 Å². The van der Waals surface area contributed by atoms with E-state index >= 15 is 0 Å². The third kappa shape index (κ3) is 2.00. The Morgan fingerprint density at radius 3 is 2.71 bits per heavy atom. The summed E-state index contributed by atoms with van der Waals surface area (Å²) in [6, 6.07) is 10.00. The van der Waals surface area contributed by atoms with Gasteiger partial charge < -0.3 is 9.84 Å². The van der Waals surface area contributed by atoms with E-state index in [1.165, 1.54) is 6.42 Å². The summed E-state index contributed by atoms with van der Waals surface area (Å²) in [7, 11) is 0. The van der Waals surface area contributed by atoms with Crippen molar-refractivity contribution in [2.75, 3.05) is 6.61 Å². The highest BCUT2D eigenvalue weighted by atomic mass is 16.6. The van der Waals surface area contributed by atoms with Crippen molar-refractivity contribution in [3.8, 4) is 0 Å². The van der Waals surface area contributed by atoms with Gasteiger partial charge in [0.1, 0.15) is 0 Å². The van der Waals surface area contributed by atoms with Crippen LogP contribution in [0.25, 0.3) is 0 Å². The van der Waals surface area contributed by atoms with Crippen molar-refractivity contribution in [3.05, 3.63) is 35.9 Å². The number of epoxide rings is 1. The van der Waals surface area contributed by atoms with E-state index in [0.29, 0.717) is 5.92 Å². The summed E-state index contributed by atoms with van der Waals surface area (Å²) in [5.41, 5.74) is 1.03. The van der Waals surface area contributed by atoms with Gasteiger partial charge in [0.25, 0.3) is 0 Å². The topological polar surface area (TPSA) is 32.8 Å². The van der Waals surface area contributed by atoms with Gasteiger partial charge in [-0.05, 0) is 30.7 Å². The highest BCUT2D eigenvalue weighted by Gasteiger charge is 2.55. The molecule has 17 heavy (non-hydrogen) atoms. The lowest BCUT2D eigenvalue weighted by Crippen LogP contribution is -2.36. The molecule has 92 valence electrons. The highest BCUT2D eigenvalue weighted by Crippen LogP contribution is 2.52. The molecule has 1 aliphatic carbocycles. The second-order valence-corrected chi connectivity index (χ2v) is 5.70. The molecule has 1 aromatic rings. The average Bonchev–Trinajstić information content (AvgIpc) is 3.14. The molecule has 1 aliphatic heterocycles. The first kappa shape index (κ1) is 11.2. The fraction of sp³-hybridized carbons (Fsp3) is 0.600. The Bertz CT molecular complexity index is 383. The minimum absolute atomic E-state index is 0.00175. The number of rotatable bonds is 2. The van der Waals surface area contributed by atoms with Crippen molar-refractivity contribution < 1.29 is 9.84 Å². The highest BCUT2D eigenvalue weighted by molar-refractivity contribution is 5.20. The second kappa shape index (κ2) is 4.11. The molecule has 3 rings (SSSR count). The van der Waals surface area contributed by atoms with Gasteiger partial charge in [-0.3, -0.25) is 0 Å². The molecule has 1 N–H and O–H groups in total. The zero-order chi connectivity index (χ0) is 11.9. The van der Waals surface area contributed by atoms with Gasteiger partial charge in [0.15, 0.2) is 0 Å². The Labute approximate surface area is 103 Å². The van der Waals surface area contributed by atoms with Gasteiger partial charge in [-0.25, -0.2) is 0 Å². The normalized spacial score (nSPS) is 38.0. The first-order valence-electron chi connectivity index (χ1n) is 6.58. The Kier molecular flexibility index (Phi) is 2.72. The maximum Gasteiger partial charge on any atom is 0.0972 e. The summed E-state index contributed by atoms with van der Waals surface area (Å²) >= 11 is 0. The van der Waals surface area contributed by atoms with Crippen LogP contribution in [0.4, 0.5) is 0 Å². The molecule has 0 bridgehead atoms. The van der Waals surface area contributed by atoms with Crippen LogP contribution in [-0.2, 0) is 4.74 Å². The molecule has 2 heteroatoms. The summed E-state index contributed by atoms with van der Waals surface area (Å²) in [6.07, 6.45) is 3.05. The van der Waals surface area contributed by atoms with Gasteiger partial charge in [-0.1, -0.05) is 37.3 Å². The van der Waals surface area contributed by atoms with Gasteiger partial charge in [-0.15, -0.1) is 0 Å². The van der Waals surface area contributed by atoms with Crippen LogP contribution in [0.3, 0.4) is 0 Å². The summed E-state index contributed by atoms with van der Waals surface area (Å²) in [6.45, 7) is 3.12. The molecule has 0 amide bonds. The summed E-state index contributed by atoms with van der Waals surface area (Å²) in [5.74, 6) is 0.974. The third-order valence-corrected chi connectivity index (χ3v) is 4.43. The van der Waals surface area contributed by atoms with Gasteiger partial charge >= 0.3 is 0 Å². The van der Waals surface area contributed by atoms with Crippen LogP contribution < -0.4 is 0 Å². The number of hydrogen-bond donors (Lipinski definition) is 1. The van der Waals surface area contributed by atoms with E-state index in [4.69, 9.17) is 4.74 Å². The fourth-order valence-electron chi connectivity index (χ4n) is 3.19. The predicted molar refractivity (Wildman–Crippen MR) is 66.6 cm³/mol. The zero-order valence-corrected chi connectivity index (χ0v) is 10.3. The largest absolute Gasteiger partial charge is 0.388 e. The Morgan fingerprint density at radius 1 is 1.35 bits per heavy atom. The van der Waals surface area contributed by atoms with Crippen LogP contribution in [0.2, 0.25) is 0 Å². The molecule has 1 saturated carbocycles. The van der Waals surface area contributed by atoms with Crippen molar-refractivity contribution in [2.45, 2.75) is 37.9 Å². The molecule has 0 radical (unpaired) electrons. The van der Waals surface area contributed by atoms with E-state index in [9.17, 15) is 5.11 Å². The molecular weight excluding hydrogens is 212 g/mol. The monoisotopic (exact) mass is 232 g/mol. The molecular formula is C15H20O2. The molecule has 1 unspecified atom stereocenters. The summed E-state index contributed by atoms with van der Waals surface area (Å²) < 4.78 is 5.68. The number of hydrogen-bond acceptors (Lipinski definition) is 2. The van der Waals surface area contributed by atoms with Gasteiger partial charge in [0.05, 0.1) is 18.3 Å². The molecule has 1 aromatic carbocycles. The SMILES string of the molecule is CC1CC[C@]2(CO2)[C@H]([C@H](O)c2ccccc2)C1. The Morgan fingerprint density at radius 2 is 2.06 bits per heavy atom. The van der Waals surface area contributed by atoms with E-state index in [-0.39, 0.29) is 17.6 Å². The summed E-state index contributed by atoms with van der Waals surface area (Å²) in [5, 5.41) is 10.6. The van der Waals surface area contributed by atoms with Crippen molar-refractivity contribution >= 4 is 0 Å². The molecule has 1 saturated heterocycles. The number of benzene rings is 1. The maximum absolute atomic E-state index is 10.6. The van der Waals surface area contributed by atoms with Crippen molar-refractivity contribution in [1.29, 1.82) is 0 Å². The third-order valence-electron chi connectivity index (χ3n) is 4.43. The molecule has 2 nitrogen and oxygen atoms in total. The van der Waals surface area contributed by atoms with E-state index in [0.717, 1.165) is 25.0 Å². The van der Waals surface area contributed by atoms with Crippen LogP contribution >= 0.6 is 0 Å². The van der Waals surface area contributed by atoms with Crippen LogP contribution in [0, 0.1) is 11.8 Å². The van der Waals surface area contributed by atoms with Crippen LogP contribution in [0.15, 0.2) is 30.3 Å². The van der Waals surface area contributed by atoms with Crippen molar-refractivity contribution in [3.63, 3.8) is 0 Å². The van der Waals surface area contributed by atoms with Crippen molar-refractivity contribution in [1.82, 2.24) is 0 Å². The van der Waals surface area contributed by atoms with E-state index in [2.05, 4.69) is 6.92 Å². The molecule has 2 fully saturated rings. The predicted octanol–water partition coefficient (Wildman–Crippen LogP) is 2.93. The van der Waals surface area contributed by atoms with Gasteiger partial charge in [0.2, 0.25) is 0 Å². The Hall–Kier alpha value is -0.860. The molecule has 2 aliphatic rings. The first-order chi connectivity index (χ1) is 8.21. The Balaban J connectivity index is 1.82. The minimum atomic E-state index is -0.374. The maximum atomic E-state index is 10.6. The smallest absolute Gasteiger partial charge is 0.0972 e. The molecule has 1 spiro atoms. The lowest BCUT2D eigenvalue weighted by Gasteiger charge is -2.36. The quantitative estimate of drug-likeness (QED) is 0.795. The minimum Gasteiger partial charge on any atom is -0.388 e. The van der Waals surface area contributed by atoms with Crippen LogP contribution in [0.1, 0.15) is 37.9 Å². The van der Waals surface area contributed by atoms with Crippen LogP contribution in [-0.4, -0.2) is 17.3 Å².